The molecule has 2 atom stereocenters. The standard InChI is InChI=1S/C9H16O3/c1-2-3-4-5-9-11-7-8(6-10)12-9/h4-5,8-10H,2-3,6-7H2,1H3/b5-4+. The van der Waals surface area contributed by atoms with E-state index in [1.54, 1.807) is 0 Å². The molecule has 0 spiro atoms. The van der Waals surface area contributed by atoms with Crippen LogP contribution in [0.1, 0.15) is 19.8 Å². The van der Waals surface area contributed by atoms with Gasteiger partial charge in [0.1, 0.15) is 6.10 Å². The van der Waals surface area contributed by atoms with E-state index in [1.807, 2.05) is 12.2 Å². The lowest BCUT2D eigenvalue weighted by molar-refractivity contribution is -0.0300. The SMILES string of the molecule is CCC/C=C/C1OCC(CO)O1. The second-order valence-corrected chi connectivity index (χ2v) is 2.86. The first-order valence-corrected chi connectivity index (χ1v) is 4.41. The minimum absolute atomic E-state index is 0.0398. The molecule has 0 aromatic rings. The van der Waals surface area contributed by atoms with Gasteiger partial charge in [-0.15, -0.1) is 0 Å². The summed E-state index contributed by atoms with van der Waals surface area (Å²) in [7, 11) is 0. The third-order valence-electron chi connectivity index (χ3n) is 1.73. The first-order chi connectivity index (χ1) is 5.86. The molecule has 1 aliphatic heterocycles. The molecule has 1 aliphatic rings. The van der Waals surface area contributed by atoms with Gasteiger partial charge in [-0.3, -0.25) is 0 Å². The van der Waals surface area contributed by atoms with Gasteiger partial charge in [0.15, 0.2) is 6.29 Å². The molecule has 0 aromatic heterocycles. The highest BCUT2D eigenvalue weighted by molar-refractivity contribution is 4.87. The first kappa shape index (κ1) is 9.71. The maximum absolute atomic E-state index is 8.73. The Morgan fingerprint density at radius 1 is 1.58 bits per heavy atom. The van der Waals surface area contributed by atoms with Crippen molar-refractivity contribution in [3.63, 3.8) is 0 Å². The molecule has 0 aromatic carbocycles. The third-order valence-corrected chi connectivity index (χ3v) is 1.73. The Morgan fingerprint density at radius 2 is 2.42 bits per heavy atom. The number of rotatable bonds is 4. The van der Waals surface area contributed by atoms with Crippen molar-refractivity contribution in [2.75, 3.05) is 13.2 Å². The van der Waals surface area contributed by atoms with E-state index >= 15 is 0 Å². The third kappa shape index (κ3) is 2.93. The fourth-order valence-corrected chi connectivity index (χ4v) is 1.04. The second kappa shape index (κ2) is 5.30. The lowest BCUT2D eigenvalue weighted by Gasteiger charge is -2.04. The number of unbranched alkanes of at least 4 members (excludes halogenated alkanes) is 1. The van der Waals surface area contributed by atoms with Crippen LogP contribution >= 0.6 is 0 Å². The molecular formula is C9H16O3. The van der Waals surface area contributed by atoms with Crippen LogP contribution in [0.2, 0.25) is 0 Å². The van der Waals surface area contributed by atoms with E-state index in [2.05, 4.69) is 6.92 Å². The summed E-state index contributed by atoms with van der Waals surface area (Å²) in [5.41, 5.74) is 0. The van der Waals surface area contributed by atoms with Gasteiger partial charge in [-0.1, -0.05) is 19.4 Å². The van der Waals surface area contributed by atoms with Crippen LogP contribution in [0.25, 0.3) is 0 Å². The average molecular weight is 172 g/mol. The zero-order valence-electron chi connectivity index (χ0n) is 7.40. The average Bonchev–Trinajstić information content (AvgIpc) is 2.53. The zero-order valence-corrected chi connectivity index (χ0v) is 7.40. The number of aliphatic hydroxyl groups excluding tert-OH is 1. The fraction of sp³-hybridized carbons (Fsp3) is 0.778. The first-order valence-electron chi connectivity index (χ1n) is 4.41. The molecule has 3 heteroatoms. The van der Waals surface area contributed by atoms with Gasteiger partial charge in [-0.2, -0.15) is 0 Å². The molecular weight excluding hydrogens is 156 g/mol. The number of aliphatic hydroxyl groups is 1. The molecule has 1 N–H and O–H groups in total. The Morgan fingerprint density at radius 3 is 3.00 bits per heavy atom. The number of ether oxygens (including phenoxy) is 2. The molecule has 0 aliphatic carbocycles. The van der Waals surface area contributed by atoms with E-state index in [-0.39, 0.29) is 19.0 Å². The van der Waals surface area contributed by atoms with Crippen molar-refractivity contribution in [1.82, 2.24) is 0 Å². The van der Waals surface area contributed by atoms with Crippen LogP contribution in [-0.2, 0) is 9.47 Å². The molecule has 0 radical (unpaired) electrons. The zero-order chi connectivity index (χ0) is 8.81. The number of hydrogen-bond donors (Lipinski definition) is 1. The van der Waals surface area contributed by atoms with Crippen molar-refractivity contribution in [3.05, 3.63) is 12.2 Å². The largest absolute Gasteiger partial charge is 0.394 e. The van der Waals surface area contributed by atoms with Crippen LogP contribution in [0, 0.1) is 0 Å². The van der Waals surface area contributed by atoms with Crippen molar-refractivity contribution in [2.45, 2.75) is 32.2 Å². The molecule has 1 heterocycles. The van der Waals surface area contributed by atoms with Gasteiger partial charge in [0.05, 0.1) is 13.2 Å². The number of allylic oxidation sites excluding steroid dienone is 1. The van der Waals surface area contributed by atoms with Gasteiger partial charge in [0.2, 0.25) is 0 Å². The summed E-state index contributed by atoms with van der Waals surface area (Å²) in [5.74, 6) is 0. The van der Waals surface area contributed by atoms with Gasteiger partial charge in [-0.25, -0.2) is 0 Å². The lowest BCUT2D eigenvalue weighted by atomic mass is 10.3. The predicted octanol–water partition coefficient (Wildman–Crippen LogP) is 1.08. The molecule has 1 saturated heterocycles. The Labute approximate surface area is 73.0 Å². The molecule has 1 fully saturated rings. The van der Waals surface area contributed by atoms with Crippen LogP contribution in [0.4, 0.5) is 0 Å². The van der Waals surface area contributed by atoms with Gasteiger partial charge >= 0.3 is 0 Å². The lowest BCUT2D eigenvalue weighted by Crippen LogP contribution is -2.15. The Kier molecular flexibility index (Phi) is 4.29. The number of hydrogen-bond acceptors (Lipinski definition) is 3. The van der Waals surface area contributed by atoms with E-state index in [9.17, 15) is 0 Å². The molecule has 12 heavy (non-hydrogen) atoms. The minimum Gasteiger partial charge on any atom is -0.394 e. The van der Waals surface area contributed by atoms with Gasteiger partial charge in [-0.05, 0) is 12.5 Å². The summed E-state index contributed by atoms with van der Waals surface area (Å²) in [5, 5.41) is 8.73. The highest BCUT2D eigenvalue weighted by Gasteiger charge is 2.22. The summed E-state index contributed by atoms with van der Waals surface area (Å²) >= 11 is 0. The summed E-state index contributed by atoms with van der Waals surface area (Å²) < 4.78 is 10.5. The van der Waals surface area contributed by atoms with Crippen LogP contribution in [0.3, 0.4) is 0 Å². The predicted molar refractivity (Wildman–Crippen MR) is 45.7 cm³/mol. The Bertz CT molecular complexity index is 145. The molecule has 0 saturated carbocycles. The van der Waals surface area contributed by atoms with Crippen molar-refractivity contribution in [2.24, 2.45) is 0 Å². The molecule has 1 rings (SSSR count). The quantitative estimate of drug-likeness (QED) is 0.645. The fourth-order valence-electron chi connectivity index (χ4n) is 1.04. The van der Waals surface area contributed by atoms with E-state index in [1.165, 1.54) is 0 Å². The maximum Gasteiger partial charge on any atom is 0.177 e. The van der Waals surface area contributed by atoms with Crippen LogP contribution in [-0.4, -0.2) is 30.7 Å². The minimum atomic E-state index is -0.242. The molecule has 70 valence electrons. The van der Waals surface area contributed by atoms with Crippen LogP contribution in [0.5, 0.6) is 0 Å². The highest BCUT2D eigenvalue weighted by Crippen LogP contribution is 2.12. The van der Waals surface area contributed by atoms with Crippen LogP contribution < -0.4 is 0 Å². The maximum atomic E-state index is 8.73. The summed E-state index contributed by atoms with van der Waals surface area (Å²) in [6.45, 7) is 2.66. The Balaban J connectivity index is 2.18. The van der Waals surface area contributed by atoms with E-state index < -0.39 is 0 Å². The molecule has 0 bridgehead atoms. The van der Waals surface area contributed by atoms with Crippen molar-refractivity contribution < 1.29 is 14.6 Å². The van der Waals surface area contributed by atoms with Crippen molar-refractivity contribution in [3.8, 4) is 0 Å². The van der Waals surface area contributed by atoms with E-state index in [0.717, 1.165) is 12.8 Å². The summed E-state index contributed by atoms with van der Waals surface area (Å²) in [6, 6.07) is 0. The van der Waals surface area contributed by atoms with E-state index in [4.69, 9.17) is 14.6 Å². The van der Waals surface area contributed by atoms with Gasteiger partial charge in [0, 0.05) is 0 Å². The highest BCUT2D eigenvalue weighted by atomic mass is 16.7. The normalized spacial score (nSPS) is 30.2. The topological polar surface area (TPSA) is 38.7 Å². The smallest absolute Gasteiger partial charge is 0.177 e. The molecule has 2 unspecified atom stereocenters. The molecule has 3 nitrogen and oxygen atoms in total. The Hall–Kier alpha value is -0.380. The van der Waals surface area contributed by atoms with Gasteiger partial charge in [0.25, 0.3) is 0 Å². The monoisotopic (exact) mass is 172 g/mol. The van der Waals surface area contributed by atoms with Crippen LogP contribution in [0.15, 0.2) is 12.2 Å². The summed E-state index contributed by atoms with van der Waals surface area (Å²) in [4.78, 5) is 0. The summed E-state index contributed by atoms with van der Waals surface area (Å²) in [6.07, 6.45) is 5.75. The molecule has 0 amide bonds. The van der Waals surface area contributed by atoms with Crippen molar-refractivity contribution in [1.29, 1.82) is 0 Å². The second-order valence-electron chi connectivity index (χ2n) is 2.86. The van der Waals surface area contributed by atoms with E-state index in [0.29, 0.717) is 6.61 Å². The van der Waals surface area contributed by atoms with Gasteiger partial charge < -0.3 is 14.6 Å². The van der Waals surface area contributed by atoms with Crippen molar-refractivity contribution >= 4 is 0 Å².